The van der Waals surface area contributed by atoms with Gasteiger partial charge < -0.3 is 4.57 Å². The smallest absolute Gasteiger partial charge is 0.326 e. The molecule has 0 atom stereocenters. The van der Waals surface area contributed by atoms with Crippen molar-refractivity contribution in [2.24, 2.45) is 7.05 Å². The molecule has 3 aromatic rings. The maximum absolute atomic E-state index is 13.1. The van der Waals surface area contributed by atoms with Crippen molar-refractivity contribution in [3.8, 4) is 22.8 Å². The molecule has 0 aliphatic rings. The third-order valence-electron chi connectivity index (χ3n) is 4.86. The Balaban J connectivity index is 2.12. The quantitative estimate of drug-likeness (QED) is 0.460. The number of aromatic nitrogens is 3. The highest BCUT2D eigenvalue weighted by molar-refractivity contribution is 7.92. The van der Waals surface area contributed by atoms with Crippen molar-refractivity contribution in [1.29, 1.82) is 0 Å². The molecular weight excluding hydrogens is 512 g/mol. The highest BCUT2D eigenvalue weighted by Crippen LogP contribution is 2.35. The molecule has 0 amide bonds. The number of alkyl halides is 6. The Morgan fingerprint density at radius 1 is 0.912 bits per heavy atom. The van der Waals surface area contributed by atoms with Crippen LogP contribution < -0.4 is 0 Å². The molecule has 34 heavy (non-hydrogen) atoms. The average molecular weight is 527 g/mol. The largest absolute Gasteiger partial charge is 0.501 e. The number of hydrogen-bond acceptors (Lipinski definition) is 6. The van der Waals surface area contributed by atoms with Crippen molar-refractivity contribution in [1.82, 2.24) is 14.5 Å². The molecule has 0 aliphatic carbocycles. The fourth-order valence-electron chi connectivity index (χ4n) is 3.00. The summed E-state index contributed by atoms with van der Waals surface area (Å²) in [7, 11) is -8.32. The van der Waals surface area contributed by atoms with E-state index in [4.69, 9.17) is 0 Å². The van der Waals surface area contributed by atoms with E-state index < -0.39 is 52.5 Å². The Bertz CT molecular complexity index is 1440. The van der Waals surface area contributed by atoms with Gasteiger partial charge in [0, 0.05) is 13.2 Å². The molecule has 3 rings (SSSR count). The van der Waals surface area contributed by atoms with E-state index in [0.29, 0.717) is 12.3 Å². The van der Waals surface area contributed by atoms with Crippen molar-refractivity contribution in [2.45, 2.75) is 28.4 Å². The summed E-state index contributed by atoms with van der Waals surface area (Å²) in [4.78, 5) is 6.05. The van der Waals surface area contributed by atoms with Gasteiger partial charge in [-0.3, -0.25) is 4.98 Å². The Hall–Kier alpha value is -2.94. The van der Waals surface area contributed by atoms with Gasteiger partial charge in [0.05, 0.1) is 33.0 Å². The van der Waals surface area contributed by atoms with E-state index in [1.165, 1.54) is 24.7 Å². The van der Waals surface area contributed by atoms with Crippen LogP contribution in [-0.2, 0) is 32.9 Å². The van der Waals surface area contributed by atoms with Crippen LogP contribution in [0.4, 0.5) is 26.3 Å². The third-order valence-corrected chi connectivity index (χ3v) is 8.10. The summed E-state index contributed by atoms with van der Waals surface area (Å²) >= 11 is 0. The van der Waals surface area contributed by atoms with E-state index in [2.05, 4.69) is 9.97 Å². The molecule has 2 heterocycles. The van der Waals surface area contributed by atoms with Crippen LogP contribution in [-0.4, -0.2) is 42.6 Å². The number of pyridine rings is 1. The van der Waals surface area contributed by atoms with Gasteiger partial charge in [0.25, 0.3) is 9.84 Å². The van der Waals surface area contributed by atoms with Crippen LogP contribution in [0.15, 0.2) is 52.5 Å². The molecule has 0 N–H and O–H groups in total. The first-order chi connectivity index (χ1) is 15.5. The van der Waals surface area contributed by atoms with Gasteiger partial charge in [0.15, 0.2) is 15.7 Å². The van der Waals surface area contributed by atoms with E-state index in [-0.39, 0.29) is 22.8 Å². The molecule has 2 aromatic heterocycles. The second-order valence-electron chi connectivity index (χ2n) is 6.97. The van der Waals surface area contributed by atoms with Crippen LogP contribution in [0.5, 0.6) is 0 Å². The molecule has 1 aromatic carbocycles. The van der Waals surface area contributed by atoms with Crippen molar-refractivity contribution in [2.75, 3.05) is 5.75 Å². The van der Waals surface area contributed by atoms with Gasteiger partial charge in [-0.05, 0) is 23.8 Å². The zero-order chi connectivity index (χ0) is 25.7. The Morgan fingerprint density at radius 3 is 2.00 bits per heavy atom. The number of nitrogens with zero attached hydrogens (tertiary/aromatic N) is 3. The Morgan fingerprint density at radius 2 is 1.50 bits per heavy atom. The first-order valence-corrected chi connectivity index (χ1v) is 12.4. The summed E-state index contributed by atoms with van der Waals surface area (Å²) in [6.45, 7) is 1.25. The van der Waals surface area contributed by atoms with Gasteiger partial charge in [0.1, 0.15) is 5.69 Å². The van der Waals surface area contributed by atoms with E-state index in [0.717, 1.165) is 24.3 Å². The number of imidazole rings is 1. The number of rotatable bonds is 5. The van der Waals surface area contributed by atoms with E-state index in [9.17, 15) is 43.2 Å². The first kappa shape index (κ1) is 25.7. The SMILES string of the molecule is CCS(=O)(=O)c1cc(C(F)(F)F)cnc1-c1ncc(-c2ccc(S(=O)(=O)C(F)(F)F)cc2)n1C. The van der Waals surface area contributed by atoms with Gasteiger partial charge in [-0.2, -0.15) is 26.3 Å². The lowest BCUT2D eigenvalue weighted by molar-refractivity contribution is -0.138. The summed E-state index contributed by atoms with van der Waals surface area (Å²) in [5.41, 5.74) is -6.66. The Kier molecular flexibility index (Phi) is 6.32. The predicted molar refractivity (Wildman–Crippen MR) is 108 cm³/mol. The molecule has 0 spiro atoms. The molecule has 0 saturated heterocycles. The third kappa shape index (κ3) is 4.53. The minimum Gasteiger partial charge on any atom is -0.326 e. The summed E-state index contributed by atoms with van der Waals surface area (Å²) in [6, 6.07) is 4.13. The van der Waals surface area contributed by atoms with Gasteiger partial charge in [-0.15, -0.1) is 0 Å². The molecular formula is C19H15F6N3O4S2. The second kappa shape index (κ2) is 8.37. The summed E-state index contributed by atoms with van der Waals surface area (Å²) in [5.74, 6) is -0.627. The average Bonchev–Trinajstić information content (AvgIpc) is 3.13. The number of halogens is 6. The van der Waals surface area contributed by atoms with Crippen LogP contribution in [0.3, 0.4) is 0 Å². The maximum atomic E-state index is 13.1. The summed E-state index contributed by atoms with van der Waals surface area (Å²) in [5, 5.41) is 0. The molecule has 184 valence electrons. The molecule has 0 aliphatic heterocycles. The molecule has 0 saturated carbocycles. The van der Waals surface area contributed by atoms with Crippen LogP contribution in [0, 0.1) is 0 Å². The van der Waals surface area contributed by atoms with Gasteiger partial charge in [0.2, 0.25) is 0 Å². The van der Waals surface area contributed by atoms with Crippen molar-refractivity contribution >= 4 is 19.7 Å². The topological polar surface area (TPSA) is 99.0 Å². The first-order valence-electron chi connectivity index (χ1n) is 9.24. The molecule has 7 nitrogen and oxygen atoms in total. The van der Waals surface area contributed by atoms with Crippen molar-refractivity contribution in [3.05, 3.63) is 48.3 Å². The number of benzene rings is 1. The van der Waals surface area contributed by atoms with E-state index in [1.807, 2.05) is 0 Å². The van der Waals surface area contributed by atoms with Gasteiger partial charge in [-0.25, -0.2) is 21.8 Å². The fraction of sp³-hybridized carbons (Fsp3) is 0.263. The lowest BCUT2D eigenvalue weighted by Crippen LogP contribution is -2.23. The maximum Gasteiger partial charge on any atom is 0.501 e. The van der Waals surface area contributed by atoms with Crippen molar-refractivity contribution in [3.63, 3.8) is 0 Å². The van der Waals surface area contributed by atoms with Crippen molar-refractivity contribution < 1.29 is 43.2 Å². The Labute approximate surface area is 189 Å². The summed E-state index contributed by atoms with van der Waals surface area (Å²) < 4.78 is 127. The minimum absolute atomic E-state index is 0.122. The zero-order valence-electron chi connectivity index (χ0n) is 17.3. The molecule has 0 radical (unpaired) electrons. The fourth-order valence-corrected chi connectivity index (χ4v) is 4.81. The highest BCUT2D eigenvalue weighted by atomic mass is 32.2. The predicted octanol–water partition coefficient (Wildman–Crippen LogP) is 4.26. The van der Waals surface area contributed by atoms with Crippen LogP contribution in [0.1, 0.15) is 12.5 Å². The molecule has 0 bridgehead atoms. The molecule has 0 unspecified atom stereocenters. The van der Waals surface area contributed by atoms with Crippen LogP contribution in [0.2, 0.25) is 0 Å². The van der Waals surface area contributed by atoms with E-state index >= 15 is 0 Å². The van der Waals surface area contributed by atoms with Gasteiger partial charge in [-0.1, -0.05) is 19.1 Å². The van der Waals surface area contributed by atoms with Gasteiger partial charge >= 0.3 is 11.7 Å². The number of sulfone groups is 2. The molecule has 15 heteroatoms. The van der Waals surface area contributed by atoms with Crippen LogP contribution >= 0.6 is 0 Å². The second-order valence-corrected chi connectivity index (χ2v) is 11.2. The zero-order valence-corrected chi connectivity index (χ0v) is 18.9. The number of hydrogen-bond donors (Lipinski definition) is 0. The monoisotopic (exact) mass is 527 g/mol. The van der Waals surface area contributed by atoms with E-state index in [1.54, 1.807) is 0 Å². The molecule has 0 fully saturated rings. The standard InChI is InChI=1S/C19H15F6N3O4S2/c1-3-33(29,30)15-8-12(18(20,21)22)9-26-16(15)17-27-10-14(28(17)2)11-4-6-13(7-5-11)34(31,32)19(23,24)25/h4-10H,3H2,1-2H3. The van der Waals surface area contributed by atoms with Crippen LogP contribution in [0.25, 0.3) is 22.8 Å². The normalized spacial score (nSPS) is 13.3. The minimum atomic E-state index is -5.56. The lowest BCUT2D eigenvalue weighted by Gasteiger charge is -2.13. The lowest BCUT2D eigenvalue weighted by atomic mass is 10.2. The highest BCUT2D eigenvalue weighted by Gasteiger charge is 2.46. The summed E-state index contributed by atoms with van der Waals surface area (Å²) in [6.07, 6.45) is -3.17.